The number of carbonyl (C=O) groups is 1. The summed E-state index contributed by atoms with van der Waals surface area (Å²) in [5.41, 5.74) is 2.17. The number of benzene rings is 1. The number of ether oxygens (including phenoxy) is 1. The number of aromatic nitrogens is 2. The van der Waals surface area contributed by atoms with Crippen LogP contribution in [0.1, 0.15) is 34.8 Å². The van der Waals surface area contributed by atoms with Gasteiger partial charge in [-0.2, -0.15) is 0 Å². The van der Waals surface area contributed by atoms with Gasteiger partial charge in [-0.1, -0.05) is 24.3 Å². The zero-order valence-corrected chi connectivity index (χ0v) is 10.9. The van der Waals surface area contributed by atoms with Gasteiger partial charge in [0.2, 0.25) is 5.78 Å². The van der Waals surface area contributed by atoms with Crippen molar-refractivity contribution >= 4 is 5.78 Å². The van der Waals surface area contributed by atoms with Crippen LogP contribution in [0.5, 0.6) is 0 Å². The van der Waals surface area contributed by atoms with Crippen molar-refractivity contribution in [3.63, 3.8) is 0 Å². The summed E-state index contributed by atoms with van der Waals surface area (Å²) in [6.07, 6.45) is 3.83. The first-order valence-corrected chi connectivity index (χ1v) is 6.56. The molecule has 1 atom stereocenters. The highest BCUT2D eigenvalue weighted by Crippen LogP contribution is 2.29. The van der Waals surface area contributed by atoms with Gasteiger partial charge in [0.1, 0.15) is 6.10 Å². The van der Waals surface area contributed by atoms with E-state index in [0.29, 0.717) is 12.4 Å². The van der Waals surface area contributed by atoms with Crippen LogP contribution in [0, 0.1) is 0 Å². The number of rotatable bonds is 3. The van der Waals surface area contributed by atoms with Crippen LogP contribution >= 0.6 is 0 Å². The lowest BCUT2D eigenvalue weighted by molar-refractivity contribution is 0.0336. The highest BCUT2D eigenvalue weighted by atomic mass is 16.5. The number of carbonyl (C=O) groups excluding carboxylic acids is 1. The molecule has 1 aliphatic heterocycles. The zero-order valence-electron chi connectivity index (χ0n) is 10.9. The summed E-state index contributed by atoms with van der Waals surface area (Å²) in [6, 6.07) is 7.97. The molecule has 1 aliphatic rings. The van der Waals surface area contributed by atoms with Gasteiger partial charge in [0, 0.05) is 18.9 Å². The van der Waals surface area contributed by atoms with Gasteiger partial charge in [0.25, 0.3) is 0 Å². The molecule has 0 fully saturated rings. The molecule has 19 heavy (non-hydrogen) atoms. The Labute approximate surface area is 112 Å². The van der Waals surface area contributed by atoms with E-state index >= 15 is 0 Å². The van der Waals surface area contributed by atoms with Crippen LogP contribution in [-0.4, -0.2) is 21.9 Å². The second-order valence-corrected chi connectivity index (χ2v) is 4.60. The van der Waals surface area contributed by atoms with E-state index in [9.17, 15) is 4.79 Å². The van der Waals surface area contributed by atoms with Crippen LogP contribution in [0.15, 0.2) is 36.7 Å². The standard InChI is InChI=1S/C15H16N2O2/c1-2-17-9-8-16-15(17)13(18)14-12-6-4-3-5-11(12)7-10-19-14/h3-6,8-9,14H,2,7,10H2,1H3. The summed E-state index contributed by atoms with van der Waals surface area (Å²) in [6.45, 7) is 3.31. The van der Waals surface area contributed by atoms with Crippen molar-refractivity contribution in [2.45, 2.75) is 26.0 Å². The van der Waals surface area contributed by atoms with E-state index in [4.69, 9.17) is 4.74 Å². The molecule has 0 saturated heterocycles. The molecule has 0 spiro atoms. The lowest BCUT2D eigenvalue weighted by Gasteiger charge is -2.24. The Morgan fingerprint density at radius 2 is 2.32 bits per heavy atom. The molecule has 0 N–H and O–H groups in total. The zero-order chi connectivity index (χ0) is 13.2. The Hall–Kier alpha value is -1.94. The lowest BCUT2D eigenvalue weighted by atomic mass is 9.95. The molecule has 1 aromatic heterocycles. The fourth-order valence-electron chi connectivity index (χ4n) is 2.52. The normalized spacial score (nSPS) is 18.1. The summed E-state index contributed by atoms with van der Waals surface area (Å²) in [7, 11) is 0. The van der Waals surface area contributed by atoms with E-state index in [1.807, 2.05) is 35.9 Å². The molecule has 0 radical (unpaired) electrons. The summed E-state index contributed by atoms with van der Waals surface area (Å²) in [4.78, 5) is 16.8. The number of fused-ring (bicyclic) bond motifs is 1. The molecule has 1 aromatic carbocycles. The predicted octanol–water partition coefficient (Wildman–Crippen LogP) is 2.40. The van der Waals surface area contributed by atoms with Gasteiger partial charge in [-0.15, -0.1) is 0 Å². The maximum atomic E-state index is 12.6. The van der Waals surface area contributed by atoms with Crippen molar-refractivity contribution in [2.24, 2.45) is 0 Å². The number of nitrogens with zero attached hydrogens (tertiary/aromatic N) is 2. The first kappa shape index (κ1) is 12.1. The second kappa shape index (κ2) is 4.97. The van der Waals surface area contributed by atoms with Gasteiger partial charge in [-0.3, -0.25) is 4.79 Å². The number of hydrogen-bond acceptors (Lipinski definition) is 3. The molecule has 2 aromatic rings. The Kier molecular flexibility index (Phi) is 3.17. The first-order valence-electron chi connectivity index (χ1n) is 6.56. The monoisotopic (exact) mass is 256 g/mol. The number of ketones is 1. The topological polar surface area (TPSA) is 44.1 Å². The Morgan fingerprint density at radius 1 is 1.47 bits per heavy atom. The van der Waals surface area contributed by atoms with E-state index in [1.54, 1.807) is 6.20 Å². The Bertz CT molecular complexity index is 604. The molecule has 3 rings (SSSR count). The molecule has 0 saturated carbocycles. The van der Waals surface area contributed by atoms with Crippen LogP contribution in [-0.2, 0) is 17.7 Å². The number of hydrogen-bond donors (Lipinski definition) is 0. The Balaban J connectivity index is 1.98. The van der Waals surface area contributed by atoms with Crippen LogP contribution in [0.25, 0.3) is 0 Å². The molecule has 4 heteroatoms. The molecule has 2 heterocycles. The van der Waals surface area contributed by atoms with Gasteiger partial charge in [0.15, 0.2) is 5.82 Å². The van der Waals surface area contributed by atoms with Crippen molar-refractivity contribution in [3.8, 4) is 0 Å². The third-order valence-electron chi connectivity index (χ3n) is 3.51. The molecule has 1 unspecified atom stereocenters. The average molecular weight is 256 g/mol. The molecular weight excluding hydrogens is 240 g/mol. The van der Waals surface area contributed by atoms with E-state index in [2.05, 4.69) is 11.1 Å². The SMILES string of the molecule is CCn1ccnc1C(=O)C1OCCc2ccccc21. The van der Waals surface area contributed by atoms with Crippen LogP contribution in [0.2, 0.25) is 0 Å². The molecule has 98 valence electrons. The summed E-state index contributed by atoms with van der Waals surface area (Å²) in [5, 5.41) is 0. The van der Waals surface area contributed by atoms with Gasteiger partial charge < -0.3 is 9.30 Å². The fourth-order valence-corrected chi connectivity index (χ4v) is 2.52. The summed E-state index contributed by atoms with van der Waals surface area (Å²) >= 11 is 0. The maximum absolute atomic E-state index is 12.6. The summed E-state index contributed by atoms with van der Waals surface area (Å²) in [5.74, 6) is 0.420. The smallest absolute Gasteiger partial charge is 0.231 e. The van der Waals surface area contributed by atoms with Crippen molar-refractivity contribution < 1.29 is 9.53 Å². The molecule has 0 amide bonds. The van der Waals surface area contributed by atoms with Crippen LogP contribution in [0.4, 0.5) is 0 Å². The van der Waals surface area contributed by atoms with Crippen LogP contribution in [0.3, 0.4) is 0 Å². The summed E-state index contributed by atoms with van der Waals surface area (Å²) < 4.78 is 7.54. The largest absolute Gasteiger partial charge is 0.365 e. The number of imidazole rings is 1. The van der Waals surface area contributed by atoms with Crippen molar-refractivity contribution in [1.82, 2.24) is 9.55 Å². The molecule has 0 bridgehead atoms. The van der Waals surface area contributed by atoms with Crippen LogP contribution < -0.4 is 0 Å². The average Bonchev–Trinajstić information content (AvgIpc) is 2.94. The van der Waals surface area contributed by atoms with E-state index in [-0.39, 0.29) is 5.78 Å². The number of aryl methyl sites for hydroxylation is 1. The number of Topliss-reactive ketones (excluding diaryl/α,β-unsaturated/α-hetero) is 1. The third kappa shape index (κ3) is 2.08. The van der Waals surface area contributed by atoms with E-state index in [1.165, 1.54) is 5.56 Å². The van der Waals surface area contributed by atoms with Crippen molar-refractivity contribution in [1.29, 1.82) is 0 Å². The van der Waals surface area contributed by atoms with Gasteiger partial charge in [0.05, 0.1) is 6.61 Å². The highest BCUT2D eigenvalue weighted by molar-refractivity contribution is 5.97. The minimum absolute atomic E-state index is 0.0565. The minimum atomic E-state index is -0.516. The second-order valence-electron chi connectivity index (χ2n) is 4.60. The predicted molar refractivity (Wildman–Crippen MR) is 71.1 cm³/mol. The first-order chi connectivity index (χ1) is 9.31. The van der Waals surface area contributed by atoms with E-state index in [0.717, 1.165) is 18.5 Å². The van der Waals surface area contributed by atoms with Crippen molar-refractivity contribution in [2.75, 3.05) is 6.61 Å². The lowest BCUT2D eigenvalue weighted by Crippen LogP contribution is -2.25. The minimum Gasteiger partial charge on any atom is -0.365 e. The van der Waals surface area contributed by atoms with Gasteiger partial charge >= 0.3 is 0 Å². The fraction of sp³-hybridized carbons (Fsp3) is 0.333. The quantitative estimate of drug-likeness (QED) is 0.792. The third-order valence-corrected chi connectivity index (χ3v) is 3.51. The van der Waals surface area contributed by atoms with Crippen molar-refractivity contribution in [3.05, 3.63) is 53.6 Å². The van der Waals surface area contributed by atoms with Gasteiger partial charge in [-0.25, -0.2) is 4.98 Å². The highest BCUT2D eigenvalue weighted by Gasteiger charge is 2.30. The van der Waals surface area contributed by atoms with Gasteiger partial charge in [-0.05, 0) is 24.5 Å². The Morgan fingerprint density at radius 3 is 3.16 bits per heavy atom. The molecule has 0 aliphatic carbocycles. The molecular formula is C15H16N2O2. The van der Waals surface area contributed by atoms with E-state index < -0.39 is 6.10 Å². The maximum Gasteiger partial charge on any atom is 0.231 e. The molecule has 4 nitrogen and oxygen atoms in total.